The summed E-state index contributed by atoms with van der Waals surface area (Å²) in [6, 6.07) is 4.73. The van der Waals surface area contributed by atoms with E-state index in [4.69, 9.17) is 4.74 Å². The Hall–Kier alpha value is -1.27. The fourth-order valence-electron chi connectivity index (χ4n) is 2.41. The lowest BCUT2D eigenvalue weighted by Gasteiger charge is -2.36. The lowest BCUT2D eigenvalue weighted by atomic mass is 10.0. The highest BCUT2D eigenvalue weighted by Crippen LogP contribution is 2.41. The third-order valence-corrected chi connectivity index (χ3v) is 3.26. The van der Waals surface area contributed by atoms with Gasteiger partial charge in [0.15, 0.2) is 0 Å². The van der Waals surface area contributed by atoms with Crippen molar-refractivity contribution in [2.45, 2.75) is 12.2 Å². The third kappa shape index (κ3) is 3.19. The Morgan fingerprint density at radius 3 is 2.42 bits per heavy atom. The van der Waals surface area contributed by atoms with Crippen LogP contribution in [0.1, 0.15) is 11.6 Å². The minimum Gasteiger partial charge on any atom is -0.496 e. The van der Waals surface area contributed by atoms with Crippen LogP contribution in [0.4, 0.5) is 13.2 Å². The maximum atomic E-state index is 13.4. The largest absolute Gasteiger partial charge is 0.496 e. The molecule has 0 amide bonds. The Bertz CT molecular complexity index is 417. The summed E-state index contributed by atoms with van der Waals surface area (Å²) in [5.74, 6) is 0.281. The van der Waals surface area contributed by atoms with Crippen molar-refractivity contribution in [1.82, 2.24) is 10.2 Å². The molecule has 1 saturated heterocycles. The van der Waals surface area contributed by atoms with Crippen LogP contribution in [0.15, 0.2) is 24.3 Å². The van der Waals surface area contributed by atoms with Crippen molar-refractivity contribution < 1.29 is 17.9 Å². The quantitative estimate of drug-likeness (QED) is 0.914. The lowest BCUT2D eigenvalue weighted by molar-refractivity contribution is -0.188. The molecule has 1 N–H and O–H groups in total. The van der Waals surface area contributed by atoms with Crippen molar-refractivity contribution in [3.8, 4) is 5.75 Å². The van der Waals surface area contributed by atoms with Gasteiger partial charge in [0, 0.05) is 31.7 Å². The average Bonchev–Trinajstić information content (AvgIpc) is 2.39. The van der Waals surface area contributed by atoms with E-state index >= 15 is 0 Å². The average molecular weight is 274 g/mol. The van der Waals surface area contributed by atoms with Crippen molar-refractivity contribution >= 4 is 0 Å². The second kappa shape index (κ2) is 5.79. The number of benzene rings is 1. The number of nitrogens with zero attached hydrogens (tertiary/aromatic N) is 1. The van der Waals surface area contributed by atoms with Gasteiger partial charge in [0.2, 0.25) is 0 Å². The lowest BCUT2D eigenvalue weighted by Crippen LogP contribution is -2.49. The van der Waals surface area contributed by atoms with E-state index in [1.807, 2.05) is 0 Å². The summed E-state index contributed by atoms with van der Waals surface area (Å²) in [4.78, 5) is 1.45. The molecule has 1 fully saturated rings. The fourth-order valence-corrected chi connectivity index (χ4v) is 2.41. The van der Waals surface area contributed by atoms with Gasteiger partial charge in [-0.05, 0) is 6.07 Å². The van der Waals surface area contributed by atoms with Crippen LogP contribution in [-0.2, 0) is 0 Å². The summed E-state index contributed by atoms with van der Waals surface area (Å²) in [7, 11) is 1.39. The molecule has 0 unspecified atom stereocenters. The van der Waals surface area contributed by atoms with E-state index < -0.39 is 12.2 Å². The summed E-state index contributed by atoms with van der Waals surface area (Å²) in [5.41, 5.74) is 0.180. The number of hydrogen-bond acceptors (Lipinski definition) is 3. The number of alkyl halides is 3. The number of rotatable bonds is 3. The number of para-hydroxylation sites is 1. The van der Waals surface area contributed by atoms with E-state index in [1.54, 1.807) is 18.2 Å². The maximum absolute atomic E-state index is 13.4. The second-order valence-electron chi connectivity index (χ2n) is 4.47. The standard InChI is InChI=1S/C13H17F3N2O/c1-19-11-5-3-2-4-10(11)12(13(14,15)16)18-8-6-17-7-9-18/h2-5,12,17H,6-9H2,1H3/t12-/m0/s1. The highest BCUT2D eigenvalue weighted by molar-refractivity contribution is 5.36. The molecule has 0 radical (unpaired) electrons. The molecule has 0 spiro atoms. The number of hydrogen-bond donors (Lipinski definition) is 1. The van der Waals surface area contributed by atoms with Gasteiger partial charge in [0.05, 0.1) is 7.11 Å². The predicted molar refractivity (Wildman–Crippen MR) is 66.2 cm³/mol. The van der Waals surface area contributed by atoms with Crippen LogP contribution in [0, 0.1) is 0 Å². The number of methoxy groups -OCH3 is 1. The van der Waals surface area contributed by atoms with Gasteiger partial charge in [0.25, 0.3) is 0 Å². The highest BCUT2D eigenvalue weighted by atomic mass is 19.4. The molecule has 6 heteroatoms. The molecule has 0 bridgehead atoms. The summed E-state index contributed by atoms with van der Waals surface area (Å²) < 4.78 is 45.2. The van der Waals surface area contributed by atoms with E-state index in [0.29, 0.717) is 26.2 Å². The molecule has 0 aromatic heterocycles. The Morgan fingerprint density at radius 2 is 1.84 bits per heavy atom. The van der Waals surface area contributed by atoms with Crippen LogP contribution in [-0.4, -0.2) is 44.4 Å². The summed E-state index contributed by atoms with van der Waals surface area (Å²) >= 11 is 0. The third-order valence-electron chi connectivity index (χ3n) is 3.26. The minimum atomic E-state index is -4.31. The monoisotopic (exact) mass is 274 g/mol. The number of nitrogens with one attached hydrogen (secondary N) is 1. The molecule has 1 aliphatic heterocycles. The van der Waals surface area contributed by atoms with E-state index in [1.165, 1.54) is 18.1 Å². The van der Waals surface area contributed by atoms with Crippen LogP contribution < -0.4 is 10.1 Å². The molecule has 1 aromatic carbocycles. The minimum absolute atomic E-state index is 0.180. The zero-order valence-corrected chi connectivity index (χ0v) is 10.7. The molecule has 1 aromatic rings. The van der Waals surface area contributed by atoms with E-state index in [0.717, 1.165) is 0 Å². The predicted octanol–water partition coefficient (Wildman–Crippen LogP) is 2.20. The molecule has 19 heavy (non-hydrogen) atoms. The van der Waals surface area contributed by atoms with Crippen molar-refractivity contribution in [2.75, 3.05) is 33.3 Å². The Kier molecular flexibility index (Phi) is 4.31. The molecule has 1 atom stereocenters. The zero-order valence-electron chi connectivity index (χ0n) is 10.7. The molecule has 2 rings (SSSR count). The van der Waals surface area contributed by atoms with E-state index in [2.05, 4.69) is 5.32 Å². The van der Waals surface area contributed by atoms with Gasteiger partial charge in [-0.1, -0.05) is 18.2 Å². The summed E-state index contributed by atoms with van der Waals surface area (Å²) in [5, 5.41) is 3.06. The molecule has 3 nitrogen and oxygen atoms in total. The smallest absolute Gasteiger partial charge is 0.408 e. The Morgan fingerprint density at radius 1 is 1.21 bits per heavy atom. The number of piperazine rings is 1. The molecular formula is C13H17F3N2O. The normalized spacial score (nSPS) is 19.2. The number of halogens is 3. The topological polar surface area (TPSA) is 24.5 Å². The molecule has 0 aliphatic carbocycles. The van der Waals surface area contributed by atoms with Crippen LogP contribution in [0.25, 0.3) is 0 Å². The first-order valence-corrected chi connectivity index (χ1v) is 6.18. The molecule has 106 valence electrons. The van der Waals surface area contributed by atoms with Gasteiger partial charge in [0.1, 0.15) is 11.8 Å². The van der Waals surface area contributed by atoms with Gasteiger partial charge >= 0.3 is 6.18 Å². The Labute approximate surface area is 110 Å². The first kappa shape index (κ1) is 14.1. The summed E-state index contributed by atoms with van der Waals surface area (Å²) in [6.07, 6.45) is -4.31. The maximum Gasteiger partial charge on any atom is 0.408 e. The first-order valence-electron chi connectivity index (χ1n) is 6.18. The van der Waals surface area contributed by atoms with Crippen LogP contribution in [0.5, 0.6) is 5.75 Å². The molecular weight excluding hydrogens is 257 g/mol. The van der Waals surface area contributed by atoms with Crippen molar-refractivity contribution in [1.29, 1.82) is 0 Å². The van der Waals surface area contributed by atoms with Crippen molar-refractivity contribution in [3.63, 3.8) is 0 Å². The summed E-state index contributed by atoms with van der Waals surface area (Å²) in [6.45, 7) is 1.90. The van der Waals surface area contributed by atoms with Crippen molar-refractivity contribution in [3.05, 3.63) is 29.8 Å². The highest BCUT2D eigenvalue weighted by Gasteiger charge is 2.46. The van der Waals surface area contributed by atoms with E-state index in [9.17, 15) is 13.2 Å². The molecule has 1 aliphatic rings. The fraction of sp³-hybridized carbons (Fsp3) is 0.538. The molecule has 1 heterocycles. The van der Waals surface area contributed by atoms with Gasteiger partial charge in [-0.3, -0.25) is 4.90 Å². The Balaban J connectivity index is 2.36. The molecule has 0 saturated carbocycles. The zero-order chi connectivity index (χ0) is 13.9. The van der Waals surface area contributed by atoms with Gasteiger partial charge < -0.3 is 10.1 Å². The van der Waals surface area contributed by atoms with E-state index in [-0.39, 0.29) is 11.3 Å². The first-order chi connectivity index (χ1) is 9.04. The second-order valence-corrected chi connectivity index (χ2v) is 4.47. The SMILES string of the molecule is COc1ccccc1[C@H](N1CCNCC1)C(F)(F)F. The van der Waals surface area contributed by atoms with Crippen molar-refractivity contribution in [2.24, 2.45) is 0 Å². The van der Waals surface area contributed by atoms with Crippen LogP contribution in [0.3, 0.4) is 0 Å². The number of ether oxygens (including phenoxy) is 1. The van der Waals surface area contributed by atoms with Gasteiger partial charge in [-0.2, -0.15) is 13.2 Å². The van der Waals surface area contributed by atoms with Crippen LogP contribution >= 0.6 is 0 Å². The van der Waals surface area contributed by atoms with Crippen LogP contribution in [0.2, 0.25) is 0 Å². The van der Waals surface area contributed by atoms with Gasteiger partial charge in [-0.15, -0.1) is 0 Å². The van der Waals surface area contributed by atoms with Gasteiger partial charge in [-0.25, -0.2) is 0 Å².